The maximum atomic E-state index is 5.90. The SMILES string of the molecule is CN(C)C1CCN(Cc2ccc(Br)c(N)c2)C1. The van der Waals surface area contributed by atoms with Gasteiger partial charge in [-0.1, -0.05) is 6.07 Å². The van der Waals surface area contributed by atoms with E-state index in [1.807, 2.05) is 6.07 Å². The molecule has 1 fully saturated rings. The molecule has 0 amide bonds. The minimum atomic E-state index is 0.697. The van der Waals surface area contributed by atoms with Crippen molar-refractivity contribution < 1.29 is 0 Å². The van der Waals surface area contributed by atoms with Crippen molar-refractivity contribution in [2.45, 2.75) is 19.0 Å². The number of anilines is 1. The lowest BCUT2D eigenvalue weighted by molar-refractivity contribution is 0.264. The zero-order valence-electron chi connectivity index (χ0n) is 10.5. The van der Waals surface area contributed by atoms with Crippen LogP contribution in [0.5, 0.6) is 0 Å². The molecule has 1 aliphatic rings. The zero-order valence-corrected chi connectivity index (χ0v) is 12.1. The van der Waals surface area contributed by atoms with Gasteiger partial charge in [0, 0.05) is 35.8 Å². The average molecular weight is 298 g/mol. The highest BCUT2D eigenvalue weighted by Gasteiger charge is 2.23. The lowest BCUT2D eigenvalue weighted by atomic mass is 10.2. The summed E-state index contributed by atoms with van der Waals surface area (Å²) < 4.78 is 0.980. The van der Waals surface area contributed by atoms with E-state index in [2.05, 4.69) is 52.0 Å². The predicted molar refractivity (Wildman–Crippen MR) is 75.9 cm³/mol. The zero-order chi connectivity index (χ0) is 12.4. The van der Waals surface area contributed by atoms with Crippen molar-refractivity contribution >= 4 is 21.6 Å². The van der Waals surface area contributed by atoms with Gasteiger partial charge in [-0.3, -0.25) is 4.90 Å². The van der Waals surface area contributed by atoms with Gasteiger partial charge < -0.3 is 10.6 Å². The summed E-state index contributed by atoms with van der Waals surface area (Å²) in [5, 5.41) is 0. The van der Waals surface area contributed by atoms with Crippen molar-refractivity contribution in [3.8, 4) is 0 Å². The molecule has 0 spiro atoms. The van der Waals surface area contributed by atoms with Crippen LogP contribution >= 0.6 is 15.9 Å². The number of likely N-dealkylation sites (N-methyl/N-ethyl adjacent to an activating group) is 1. The van der Waals surface area contributed by atoms with Crippen LogP contribution in [0.2, 0.25) is 0 Å². The molecule has 4 heteroatoms. The molecule has 1 atom stereocenters. The second-order valence-corrected chi connectivity index (χ2v) is 5.85. The first-order chi connectivity index (χ1) is 8.06. The first-order valence-corrected chi connectivity index (χ1v) is 6.78. The highest BCUT2D eigenvalue weighted by atomic mass is 79.9. The fourth-order valence-corrected chi connectivity index (χ4v) is 2.57. The maximum Gasteiger partial charge on any atom is 0.0461 e. The molecule has 0 bridgehead atoms. The van der Waals surface area contributed by atoms with Gasteiger partial charge in [0.05, 0.1) is 0 Å². The summed E-state index contributed by atoms with van der Waals surface area (Å²) >= 11 is 3.43. The van der Waals surface area contributed by atoms with Crippen LogP contribution in [0, 0.1) is 0 Å². The van der Waals surface area contributed by atoms with Crippen LogP contribution in [-0.2, 0) is 6.54 Å². The molecular formula is C13H20BrN3. The molecule has 1 heterocycles. The summed E-state index contributed by atoms with van der Waals surface area (Å²) in [4.78, 5) is 4.81. The first kappa shape index (κ1) is 12.9. The van der Waals surface area contributed by atoms with Gasteiger partial charge in [0.15, 0.2) is 0 Å². The van der Waals surface area contributed by atoms with Crippen molar-refractivity contribution in [1.82, 2.24) is 9.80 Å². The topological polar surface area (TPSA) is 32.5 Å². The number of nitrogens with zero attached hydrogens (tertiary/aromatic N) is 2. The molecule has 1 unspecified atom stereocenters. The molecule has 0 aromatic heterocycles. The Hall–Kier alpha value is -0.580. The van der Waals surface area contributed by atoms with E-state index in [1.54, 1.807) is 0 Å². The molecule has 0 aliphatic carbocycles. The molecule has 94 valence electrons. The number of likely N-dealkylation sites (tertiary alicyclic amines) is 1. The van der Waals surface area contributed by atoms with E-state index in [0.717, 1.165) is 23.2 Å². The van der Waals surface area contributed by atoms with E-state index in [0.29, 0.717) is 6.04 Å². The van der Waals surface area contributed by atoms with Gasteiger partial charge in [-0.05, 0) is 54.1 Å². The summed E-state index contributed by atoms with van der Waals surface area (Å²) in [6.45, 7) is 3.34. The predicted octanol–water partition coefficient (Wildman–Crippen LogP) is 2.17. The van der Waals surface area contributed by atoms with Crippen LogP contribution in [-0.4, -0.2) is 43.0 Å². The summed E-state index contributed by atoms with van der Waals surface area (Å²) in [7, 11) is 4.32. The molecule has 1 saturated heterocycles. The van der Waals surface area contributed by atoms with Crippen molar-refractivity contribution in [1.29, 1.82) is 0 Å². The third-order valence-corrected chi connectivity index (χ3v) is 4.17. The van der Waals surface area contributed by atoms with Crippen molar-refractivity contribution in [2.75, 3.05) is 32.9 Å². The van der Waals surface area contributed by atoms with E-state index in [-0.39, 0.29) is 0 Å². The van der Waals surface area contributed by atoms with Crippen molar-refractivity contribution in [2.24, 2.45) is 0 Å². The lowest BCUT2D eigenvalue weighted by Gasteiger charge is -2.20. The van der Waals surface area contributed by atoms with E-state index in [1.165, 1.54) is 18.5 Å². The Kier molecular flexibility index (Phi) is 4.07. The Bertz CT molecular complexity index is 392. The Morgan fingerprint density at radius 1 is 1.47 bits per heavy atom. The monoisotopic (exact) mass is 297 g/mol. The Balaban J connectivity index is 1.96. The van der Waals surface area contributed by atoms with E-state index in [9.17, 15) is 0 Å². The van der Waals surface area contributed by atoms with Gasteiger partial charge in [0.2, 0.25) is 0 Å². The molecule has 17 heavy (non-hydrogen) atoms. The van der Waals surface area contributed by atoms with Gasteiger partial charge >= 0.3 is 0 Å². The number of rotatable bonds is 3. The summed E-state index contributed by atoms with van der Waals surface area (Å²) in [5.41, 5.74) is 8.02. The Morgan fingerprint density at radius 3 is 2.82 bits per heavy atom. The average Bonchev–Trinajstić information content (AvgIpc) is 2.72. The maximum absolute atomic E-state index is 5.90. The molecule has 2 N–H and O–H groups in total. The van der Waals surface area contributed by atoms with Gasteiger partial charge in [-0.2, -0.15) is 0 Å². The third kappa shape index (κ3) is 3.21. The number of halogens is 1. The lowest BCUT2D eigenvalue weighted by Crippen LogP contribution is -2.31. The highest BCUT2D eigenvalue weighted by Crippen LogP contribution is 2.22. The van der Waals surface area contributed by atoms with Gasteiger partial charge in [0.25, 0.3) is 0 Å². The summed E-state index contributed by atoms with van der Waals surface area (Å²) in [6, 6.07) is 6.93. The molecule has 0 radical (unpaired) electrons. The van der Waals surface area contributed by atoms with Crippen LogP contribution in [0.25, 0.3) is 0 Å². The molecule has 1 aromatic rings. The summed E-state index contributed by atoms with van der Waals surface area (Å²) in [5.74, 6) is 0. The number of nitrogen functional groups attached to an aromatic ring is 1. The van der Waals surface area contributed by atoms with Crippen LogP contribution in [0.4, 0.5) is 5.69 Å². The minimum absolute atomic E-state index is 0.697. The molecule has 0 saturated carbocycles. The molecule has 2 rings (SSSR count). The van der Waals surface area contributed by atoms with E-state index >= 15 is 0 Å². The standard InChI is InChI=1S/C13H20BrN3/c1-16(2)11-5-6-17(9-11)8-10-3-4-12(14)13(15)7-10/h3-4,7,11H,5-6,8-9,15H2,1-2H3. The molecule has 1 aliphatic heterocycles. The van der Waals surface area contributed by atoms with Crippen molar-refractivity contribution in [3.05, 3.63) is 28.2 Å². The minimum Gasteiger partial charge on any atom is -0.398 e. The second kappa shape index (κ2) is 5.38. The smallest absolute Gasteiger partial charge is 0.0461 e. The van der Waals surface area contributed by atoms with Gasteiger partial charge in [0.1, 0.15) is 0 Å². The van der Waals surface area contributed by atoms with Crippen LogP contribution in [0.15, 0.2) is 22.7 Å². The number of hydrogen-bond acceptors (Lipinski definition) is 3. The quantitative estimate of drug-likeness (QED) is 0.868. The second-order valence-electron chi connectivity index (χ2n) is 5.00. The highest BCUT2D eigenvalue weighted by molar-refractivity contribution is 9.10. The van der Waals surface area contributed by atoms with E-state index < -0.39 is 0 Å². The largest absolute Gasteiger partial charge is 0.398 e. The number of benzene rings is 1. The fourth-order valence-electron chi connectivity index (χ4n) is 2.33. The number of hydrogen-bond donors (Lipinski definition) is 1. The molecular weight excluding hydrogens is 278 g/mol. The Labute approximate surface area is 112 Å². The Morgan fingerprint density at radius 2 is 2.24 bits per heavy atom. The van der Waals surface area contributed by atoms with Crippen LogP contribution in [0.1, 0.15) is 12.0 Å². The van der Waals surface area contributed by atoms with Crippen LogP contribution in [0.3, 0.4) is 0 Å². The van der Waals surface area contributed by atoms with Crippen LogP contribution < -0.4 is 5.73 Å². The first-order valence-electron chi connectivity index (χ1n) is 5.99. The normalized spacial score (nSPS) is 21.3. The van der Waals surface area contributed by atoms with Gasteiger partial charge in [-0.25, -0.2) is 0 Å². The summed E-state index contributed by atoms with van der Waals surface area (Å²) in [6.07, 6.45) is 1.26. The third-order valence-electron chi connectivity index (χ3n) is 3.44. The van der Waals surface area contributed by atoms with Crippen molar-refractivity contribution in [3.63, 3.8) is 0 Å². The molecule has 1 aromatic carbocycles. The fraction of sp³-hybridized carbons (Fsp3) is 0.538. The number of nitrogens with two attached hydrogens (primary N) is 1. The van der Waals surface area contributed by atoms with Gasteiger partial charge in [-0.15, -0.1) is 0 Å². The van der Waals surface area contributed by atoms with E-state index in [4.69, 9.17) is 5.73 Å². The molecule has 3 nitrogen and oxygen atoms in total.